The summed E-state index contributed by atoms with van der Waals surface area (Å²) in [6.07, 6.45) is 1.53. The molecule has 2 aromatic carbocycles. The second-order valence-corrected chi connectivity index (χ2v) is 6.60. The molecular formula is C22H27N3O5. The normalized spacial score (nSPS) is 10.6. The zero-order valence-electron chi connectivity index (χ0n) is 17.9. The van der Waals surface area contributed by atoms with E-state index in [1.165, 1.54) is 27.5 Å². The third-order valence-corrected chi connectivity index (χ3v) is 4.46. The smallest absolute Gasteiger partial charge is 0.240 e. The molecule has 0 aromatic heterocycles. The van der Waals surface area contributed by atoms with Crippen LogP contribution in [0, 0.1) is 13.8 Å². The number of nitrogens with zero attached hydrogens (tertiary/aromatic N) is 1. The van der Waals surface area contributed by atoms with Gasteiger partial charge in [0, 0.05) is 24.1 Å². The molecule has 160 valence electrons. The van der Waals surface area contributed by atoms with E-state index in [-0.39, 0.29) is 24.7 Å². The van der Waals surface area contributed by atoms with E-state index in [0.29, 0.717) is 28.5 Å². The average Bonchev–Trinajstić information content (AvgIpc) is 2.74. The summed E-state index contributed by atoms with van der Waals surface area (Å²) in [6, 6.07) is 9.08. The molecule has 0 fully saturated rings. The molecule has 0 radical (unpaired) electrons. The Balaban J connectivity index is 1.87. The van der Waals surface area contributed by atoms with Crippen LogP contribution in [-0.4, -0.2) is 39.4 Å². The van der Waals surface area contributed by atoms with Gasteiger partial charge in [-0.05, 0) is 49.2 Å². The number of aryl methyl sites for hydroxylation is 2. The Morgan fingerprint density at radius 1 is 0.900 bits per heavy atom. The average molecular weight is 413 g/mol. The molecule has 0 unspecified atom stereocenters. The summed E-state index contributed by atoms with van der Waals surface area (Å²) in [4.78, 5) is 24.0. The van der Waals surface area contributed by atoms with Crippen LogP contribution in [0.5, 0.6) is 17.2 Å². The number of anilines is 1. The Hall–Kier alpha value is -3.55. The molecular weight excluding hydrogens is 386 g/mol. The first-order chi connectivity index (χ1) is 14.4. The highest BCUT2D eigenvalue weighted by atomic mass is 16.5. The van der Waals surface area contributed by atoms with E-state index in [2.05, 4.69) is 15.8 Å². The first-order valence-corrected chi connectivity index (χ1v) is 9.37. The van der Waals surface area contributed by atoms with Gasteiger partial charge in [-0.15, -0.1) is 0 Å². The molecule has 0 spiro atoms. The molecule has 0 saturated carbocycles. The summed E-state index contributed by atoms with van der Waals surface area (Å²) in [5.41, 5.74) is 6.01. The highest BCUT2D eigenvalue weighted by molar-refractivity contribution is 5.93. The van der Waals surface area contributed by atoms with Gasteiger partial charge in [0.15, 0.2) is 11.5 Å². The highest BCUT2D eigenvalue weighted by Crippen LogP contribution is 2.37. The number of benzene rings is 2. The van der Waals surface area contributed by atoms with Crippen LogP contribution in [-0.2, 0) is 9.59 Å². The van der Waals surface area contributed by atoms with Gasteiger partial charge in [-0.25, -0.2) is 5.43 Å². The largest absolute Gasteiger partial charge is 0.493 e. The van der Waals surface area contributed by atoms with Gasteiger partial charge >= 0.3 is 0 Å². The van der Waals surface area contributed by atoms with E-state index in [4.69, 9.17) is 14.2 Å². The number of nitrogens with one attached hydrogen (secondary N) is 2. The van der Waals surface area contributed by atoms with Crippen molar-refractivity contribution in [3.05, 3.63) is 47.0 Å². The topological polar surface area (TPSA) is 98.2 Å². The summed E-state index contributed by atoms with van der Waals surface area (Å²) < 4.78 is 15.8. The number of rotatable bonds is 9. The lowest BCUT2D eigenvalue weighted by Gasteiger charge is -2.12. The molecule has 8 nitrogen and oxygen atoms in total. The van der Waals surface area contributed by atoms with Crippen LogP contribution in [0.1, 0.15) is 29.5 Å². The minimum absolute atomic E-state index is 0.0171. The Labute approximate surface area is 176 Å². The number of hydrogen-bond donors (Lipinski definition) is 2. The highest BCUT2D eigenvalue weighted by Gasteiger charge is 2.12. The zero-order valence-corrected chi connectivity index (χ0v) is 17.9. The monoisotopic (exact) mass is 413 g/mol. The van der Waals surface area contributed by atoms with Gasteiger partial charge in [0.1, 0.15) is 0 Å². The molecule has 0 atom stereocenters. The van der Waals surface area contributed by atoms with Crippen molar-refractivity contribution in [3.8, 4) is 17.2 Å². The third kappa shape index (κ3) is 6.23. The van der Waals surface area contributed by atoms with Gasteiger partial charge in [-0.3, -0.25) is 9.59 Å². The fourth-order valence-electron chi connectivity index (χ4n) is 2.68. The fourth-order valence-corrected chi connectivity index (χ4v) is 2.68. The van der Waals surface area contributed by atoms with Gasteiger partial charge in [0.25, 0.3) is 0 Å². The maximum atomic E-state index is 12.0. The fraction of sp³-hybridized carbons (Fsp3) is 0.318. The predicted molar refractivity (Wildman–Crippen MR) is 116 cm³/mol. The lowest BCUT2D eigenvalue weighted by atomic mass is 10.1. The van der Waals surface area contributed by atoms with E-state index in [9.17, 15) is 9.59 Å². The molecule has 2 rings (SSSR count). The number of carbonyl (C=O) groups excluding carboxylic acids is 2. The molecule has 0 aliphatic heterocycles. The van der Waals surface area contributed by atoms with E-state index in [0.717, 1.165) is 11.1 Å². The van der Waals surface area contributed by atoms with Crippen molar-refractivity contribution < 1.29 is 23.8 Å². The summed E-state index contributed by atoms with van der Waals surface area (Å²) >= 11 is 0. The Kier molecular flexibility index (Phi) is 8.22. The summed E-state index contributed by atoms with van der Waals surface area (Å²) in [6.45, 7) is 3.98. The molecule has 2 N–H and O–H groups in total. The van der Waals surface area contributed by atoms with Crippen molar-refractivity contribution in [1.29, 1.82) is 0 Å². The van der Waals surface area contributed by atoms with Gasteiger partial charge < -0.3 is 19.5 Å². The Morgan fingerprint density at radius 2 is 1.53 bits per heavy atom. The quantitative estimate of drug-likeness (QED) is 0.486. The lowest BCUT2D eigenvalue weighted by Crippen LogP contribution is -2.20. The second kappa shape index (κ2) is 10.8. The van der Waals surface area contributed by atoms with Crippen LogP contribution in [0.25, 0.3) is 0 Å². The number of amides is 2. The van der Waals surface area contributed by atoms with Gasteiger partial charge in [-0.1, -0.05) is 6.07 Å². The van der Waals surface area contributed by atoms with Crippen LogP contribution in [0.15, 0.2) is 35.4 Å². The van der Waals surface area contributed by atoms with Gasteiger partial charge in [0.2, 0.25) is 17.6 Å². The van der Waals surface area contributed by atoms with Crippen LogP contribution in [0.3, 0.4) is 0 Å². The standard InChI is InChI=1S/C22H27N3O5/c1-14-6-7-17(10-15(14)2)24-20(26)8-9-21(27)25-23-13-16-11-18(28-3)22(30-5)19(12-16)29-4/h6-7,10-13H,8-9H2,1-5H3,(H,24,26)(H,25,27). The van der Waals surface area contributed by atoms with Crippen molar-refractivity contribution in [2.45, 2.75) is 26.7 Å². The van der Waals surface area contributed by atoms with Crippen molar-refractivity contribution in [2.24, 2.45) is 5.10 Å². The summed E-state index contributed by atoms with van der Waals surface area (Å²) in [7, 11) is 4.55. The van der Waals surface area contributed by atoms with Crippen LogP contribution < -0.4 is 25.0 Å². The first kappa shape index (κ1) is 22.7. The Morgan fingerprint density at radius 3 is 2.10 bits per heavy atom. The number of hydrazone groups is 1. The molecule has 2 amide bonds. The second-order valence-electron chi connectivity index (χ2n) is 6.60. The minimum Gasteiger partial charge on any atom is -0.493 e. The number of hydrogen-bond acceptors (Lipinski definition) is 6. The van der Waals surface area contributed by atoms with Gasteiger partial charge in [-0.2, -0.15) is 5.10 Å². The molecule has 30 heavy (non-hydrogen) atoms. The molecule has 0 bridgehead atoms. The maximum Gasteiger partial charge on any atom is 0.240 e. The molecule has 0 aliphatic carbocycles. The summed E-state index contributed by atoms with van der Waals surface area (Å²) in [5, 5.41) is 6.71. The SMILES string of the molecule is COc1cc(C=NNC(=O)CCC(=O)Nc2ccc(C)c(C)c2)cc(OC)c1OC. The van der Waals surface area contributed by atoms with Crippen LogP contribution >= 0.6 is 0 Å². The third-order valence-electron chi connectivity index (χ3n) is 4.46. The number of carbonyl (C=O) groups is 2. The Bertz CT molecular complexity index is 915. The summed E-state index contributed by atoms with van der Waals surface area (Å²) in [5.74, 6) is 0.826. The lowest BCUT2D eigenvalue weighted by molar-refractivity contribution is -0.124. The molecule has 2 aromatic rings. The predicted octanol–water partition coefficient (Wildman–Crippen LogP) is 3.20. The van der Waals surface area contributed by atoms with Crippen molar-refractivity contribution in [2.75, 3.05) is 26.6 Å². The molecule has 8 heteroatoms. The van der Waals surface area contributed by atoms with E-state index in [1.807, 2.05) is 32.0 Å². The van der Waals surface area contributed by atoms with E-state index in [1.54, 1.807) is 12.1 Å². The zero-order chi connectivity index (χ0) is 22.1. The van der Waals surface area contributed by atoms with Crippen LogP contribution in [0.2, 0.25) is 0 Å². The molecule has 0 saturated heterocycles. The van der Waals surface area contributed by atoms with E-state index < -0.39 is 0 Å². The van der Waals surface area contributed by atoms with Crippen molar-refractivity contribution >= 4 is 23.7 Å². The van der Waals surface area contributed by atoms with E-state index >= 15 is 0 Å². The van der Waals surface area contributed by atoms with Crippen molar-refractivity contribution in [3.63, 3.8) is 0 Å². The maximum absolute atomic E-state index is 12.0. The number of ether oxygens (including phenoxy) is 3. The number of methoxy groups -OCH3 is 3. The van der Waals surface area contributed by atoms with Crippen molar-refractivity contribution in [1.82, 2.24) is 5.43 Å². The van der Waals surface area contributed by atoms with Crippen LogP contribution in [0.4, 0.5) is 5.69 Å². The minimum atomic E-state index is -0.367. The molecule has 0 heterocycles. The first-order valence-electron chi connectivity index (χ1n) is 9.37. The molecule has 0 aliphatic rings. The van der Waals surface area contributed by atoms with Gasteiger partial charge in [0.05, 0.1) is 27.5 Å².